The maximum absolute atomic E-state index is 13.7. The average molecular weight is 203 g/mol. The van der Waals surface area contributed by atoms with Crippen molar-refractivity contribution in [3.8, 4) is 6.07 Å². The van der Waals surface area contributed by atoms with Gasteiger partial charge in [0, 0.05) is 0 Å². The Morgan fingerprint density at radius 3 is 2.43 bits per heavy atom. The van der Waals surface area contributed by atoms with Gasteiger partial charge >= 0.3 is 5.97 Å². The minimum Gasteiger partial charge on any atom is -0.463 e. The van der Waals surface area contributed by atoms with E-state index >= 15 is 0 Å². The summed E-state index contributed by atoms with van der Waals surface area (Å²) in [6.45, 7) is 3.93. The van der Waals surface area contributed by atoms with Crippen molar-refractivity contribution in [1.29, 1.82) is 5.26 Å². The molecule has 4 nitrogen and oxygen atoms in total. The van der Waals surface area contributed by atoms with Crippen LogP contribution in [0.3, 0.4) is 0 Å². The second-order valence-corrected chi connectivity index (χ2v) is 3.09. The lowest BCUT2D eigenvalue weighted by molar-refractivity contribution is -0.172. The third kappa shape index (κ3) is 2.02. The number of nitrogens with zero attached hydrogens (tertiary/aromatic N) is 1. The third-order valence-electron chi connectivity index (χ3n) is 2.15. The molecule has 0 aliphatic rings. The van der Waals surface area contributed by atoms with Crippen molar-refractivity contribution in [3.05, 3.63) is 0 Å². The molecule has 2 atom stereocenters. The van der Waals surface area contributed by atoms with Crippen molar-refractivity contribution in [2.24, 2.45) is 0 Å². The Balaban J connectivity index is 5.01. The molecule has 80 valence electrons. The van der Waals surface area contributed by atoms with Crippen LogP contribution in [-0.4, -0.2) is 29.0 Å². The Morgan fingerprint density at radius 2 is 2.14 bits per heavy atom. The van der Waals surface area contributed by atoms with Crippen LogP contribution in [0.1, 0.15) is 27.2 Å². The molecular formula is C9H14FNO3. The SMILES string of the molecule is CCOC(=O)C(O)(C#N)C(C)(F)CC. The highest BCUT2D eigenvalue weighted by atomic mass is 19.1. The van der Waals surface area contributed by atoms with Gasteiger partial charge in [0.2, 0.25) is 0 Å². The van der Waals surface area contributed by atoms with Gasteiger partial charge < -0.3 is 9.84 Å². The molecule has 0 heterocycles. The molecule has 2 unspecified atom stereocenters. The van der Waals surface area contributed by atoms with Crippen LogP contribution < -0.4 is 0 Å². The summed E-state index contributed by atoms with van der Waals surface area (Å²) in [5.74, 6) is -1.24. The third-order valence-corrected chi connectivity index (χ3v) is 2.15. The molecule has 0 bridgehead atoms. The maximum Gasteiger partial charge on any atom is 0.356 e. The fourth-order valence-electron chi connectivity index (χ4n) is 0.866. The lowest BCUT2D eigenvalue weighted by atomic mass is 9.85. The zero-order valence-electron chi connectivity index (χ0n) is 8.50. The lowest BCUT2D eigenvalue weighted by Crippen LogP contribution is -2.54. The molecule has 5 heteroatoms. The molecule has 0 spiro atoms. The van der Waals surface area contributed by atoms with Crippen molar-refractivity contribution in [2.45, 2.75) is 38.5 Å². The van der Waals surface area contributed by atoms with E-state index in [0.717, 1.165) is 6.92 Å². The number of alkyl halides is 1. The van der Waals surface area contributed by atoms with Gasteiger partial charge in [-0.3, -0.25) is 0 Å². The Morgan fingerprint density at radius 1 is 1.64 bits per heavy atom. The standard InChI is InChI=1S/C9H14FNO3/c1-4-8(3,10)9(13,6-11)7(12)14-5-2/h13H,4-5H2,1-3H3. The van der Waals surface area contributed by atoms with Crippen LogP contribution in [0.5, 0.6) is 0 Å². The van der Waals surface area contributed by atoms with Crippen LogP contribution >= 0.6 is 0 Å². The quantitative estimate of drug-likeness (QED) is 0.545. The summed E-state index contributed by atoms with van der Waals surface area (Å²) in [7, 11) is 0. The highest BCUT2D eigenvalue weighted by molar-refractivity contribution is 5.84. The van der Waals surface area contributed by atoms with Crippen LogP contribution in [-0.2, 0) is 9.53 Å². The van der Waals surface area contributed by atoms with E-state index in [1.807, 2.05) is 0 Å². The Hall–Kier alpha value is -1.15. The van der Waals surface area contributed by atoms with Crippen molar-refractivity contribution in [2.75, 3.05) is 6.61 Å². The van der Waals surface area contributed by atoms with Gasteiger partial charge in [-0.05, 0) is 20.3 Å². The Labute approximate surface area is 82.3 Å². The maximum atomic E-state index is 13.7. The highest BCUT2D eigenvalue weighted by Gasteiger charge is 2.54. The van der Waals surface area contributed by atoms with Gasteiger partial charge in [0.05, 0.1) is 6.61 Å². The van der Waals surface area contributed by atoms with Gasteiger partial charge in [-0.2, -0.15) is 5.26 Å². The molecule has 0 radical (unpaired) electrons. The molecule has 0 saturated heterocycles. The van der Waals surface area contributed by atoms with E-state index in [-0.39, 0.29) is 13.0 Å². The molecule has 0 rings (SSSR count). The van der Waals surface area contributed by atoms with E-state index in [1.54, 1.807) is 0 Å². The highest BCUT2D eigenvalue weighted by Crippen LogP contribution is 2.30. The van der Waals surface area contributed by atoms with Gasteiger partial charge in [-0.1, -0.05) is 6.92 Å². The minimum atomic E-state index is -2.72. The van der Waals surface area contributed by atoms with Crippen molar-refractivity contribution in [3.63, 3.8) is 0 Å². The average Bonchev–Trinajstić information content (AvgIpc) is 2.16. The second-order valence-electron chi connectivity index (χ2n) is 3.09. The first kappa shape index (κ1) is 12.8. The van der Waals surface area contributed by atoms with Crippen LogP contribution in [0.15, 0.2) is 0 Å². The van der Waals surface area contributed by atoms with E-state index in [4.69, 9.17) is 5.26 Å². The summed E-state index contributed by atoms with van der Waals surface area (Å²) in [6.07, 6.45) is -0.157. The predicted octanol–water partition coefficient (Wildman–Crippen LogP) is 0.942. The molecule has 0 fully saturated rings. The van der Waals surface area contributed by atoms with E-state index < -0.39 is 17.2 Å². The summed E-state index contributed by atoms with van der Waals surface area (Å²) in [5, 5.41) is 18.1. The number of hydrogen-bond acceptors (Lipinski definition) is 4. The van der Waals surface area contributed by atoms with Gasteiger partial charge in [0.15, 0.2) is 5.67 Å². The Kier molecular flexibility index (Phi) is 4.02. The second kappa shape index (κ2) is 4.38. The number of esters is 1. The van der Waals surface area contributed by atoms with Gasteiger partial charge in [-0.25, -0.2) is 9.18 Å². The first-order chi connectivity index (χ1) is 6.35. The van der Waals surface area contributed by atoms with Gasteiger partial charge in [-0.15, -0.1) is 0 Å². The van der Waals surface area contributed by atoms with E-state index in [1.165, 1.54) is 19.9 Å². The smallest absolute Gasteiger partial charge is 0.356 e. The zero-order valence-corrected chi connectivity index (χ0v) is 8.50. The zero-order chi connectivity index (χ0) is 11.4. The molecule has 0 aliphatic heterocycles. The number of carbonyl (C=O) groups is 1. The fourth-order valence-corrected chi connectivity index (χ4v) is 0.866. The van der Waals surface area contributed by atoms with Gasteiger partial charge in [0.1, 0.15) is 6.07 Å². The van der Waals surface area contributed by atoms with E-state index in [9.17, 15) is 14.3 Å². The number of rotatable bonds is 4. The van der Waals surface area contributed by atoms with Crippen LogP contribution in [0.2, 0.25) is 0 Å². The molecule has 1 N–H and O–H groups in total. The number of nitriles is 1. The fraction of sp³-hybridized carbons (Fsp3) is 0.778. The molecule has 0 aliphatic carbocycles. The van der Waals surface area contributed by atoms with Crippen molar-refractivity contribution in [1.82, 2.24) is 0 Å². The van der Waals surface area contributed by atoms with Crippen LogP contribution in [0.25, 0.3) is 0 Å². The topological polar surface area (TPSA) is 70.3 Å². The molecular weight excluding hydrogens is 189 g/mol. The Bertz CT molecular complexity index is 259. The monoisotopic (exact) mass is 203 g/mol. The van der Waals surface area contributed by atoms with Crippen molar-refractivity contribution >= 4 is 5.97 Å². The number of ether oxygens (including phenoxy) is 1. The van der Waals surface area contributed by atoms with E-state index in [2.05, 4.69) is 4.74 Å². The number of aliphatic hydroxyl groups is 1. The molecule has 0 aromatic carbocycles. The normalized spacial score (nSPS) is 18.9. The summed E-state index contributed by atoms with van der Waals surface area (Å²) in [6, 6.07) is 1.26. The van der Waals surface area contributed by atoms with Crippen molar-refractivity contribution < 1.29 is 19.0 Å². The number of hydrogen-bond donors (Lipinski definition) is 1. The lowest BCUT2D eigenvalue weighted by Gasteiger charge is -2.30. The van der Waals surface area contributed by atoms with Crippen LogP contribution in [0, 0.1) is 11.3 Å². The number of carbonyl (C=O) groups excluding carboxylic acids is 1. The molecule has 0 saturated carbocycles. The molecule has 0 amide bonds. The van der Waals surface area contributed by atoms with Gasteiger partial charge in [0.25, 0.3) is 5.60 Å². The summed E-state index contributed by atoms with van der Waals surface area (Å²) < 4.78 is 18.1. The molecule has 14 heavy (non-hydrogen) atoms. The molecule has 0 aromatic heterocycles. The number of halogens is 1. The first-order valence-corrected chi connectivity index (χ1v) is 4.35. The van der Waals surface area contributed by atoms with Crippen LogP contribution in [0.4, 0.5) is 4.39 Å². The summed E-state index contributed by atoms with van der Waals surface area (Å²) >= 11 is 0. The molecule has 0 aromatic rings. The summed E-state index contributed by atoms with van der Waals surface area (Å²) in [4.78, 5) is 11.2. The predicted molar refractivity (Wildman–Crippen MR) is 47.0 cm³/mol. The summed E-state index contributed by atoms with van der Waals surface area (Å²) in [5.41, 5.74) is -5.04. The first-order valence-electron chi connectivity index (χ1n) is 4.35. The largest absolute Gasteiger partial charge is 0.463 e. The van der Waals surface area contributed by atoms with E-state index in [0.29, 0.717) is 0 Å². The minimum absolute atomic E-state index is 0.0113.